The zero-order chi connectivity index (χ0) is 30.4. The highest BCUT2D eigenvalue weighted by atomic mass is 31.2. The maximum absolute atomic E-state index is 15.9. The molecule has 17 nitrogen and oxygen atoms in total. The van der Waals surface area contributed by atoms with Gasteiger partial charge in [0.15, 0.2) is 22.9 Å². The van der Waals surface area contributed by atoms with Gasteiger partial charge in [-0.15, -0.1) is 0 Å². The fourth-order valence-electron chi connectivity index (χ4n) is 3.51. The topological polar surface area (TPSA) is 211 Å². The Labute approximate surface area is 233 Å². The Bertz CT molecular complexity index is 1260. The lowest BCUT2D eigenvalue weighted by atomic mass is 9.84. The van der Waals surface area contributed by atoms with Gasteiger partial charge in [0.05, 0.1) is 43.2 Å². The quantitative estimate of drug-likeness (QED) is 0.209. The van der Waals surface area contributed by atoms with Crippen LogP contribution in [0.2, 0.25) is 0 Å². The van der Waals surface area contributed by atoms with E-state index < -0.39 is 76.0 Å². The molecule has 1 saturated heterocycles. The standard InChI is InChI=1S/C22H31FN5O12P/c1-12(2)39-20(30)34-10-37-41(32,38-11-35-21(31)40-13(3)4)36-8-14-7-33-17(22(5,23)16(14)29)15-6-25-19-18(24)26-9-27-28(15)19/h6,9,12-14,17H,7-8,10-11H2,1-5H3,(H2,24,26,27). The number of aromatic nitrogens is 4. The number of rotatable bonds is 12. The number of halogens is 1. The number of hydrogen-bond acceptors (Lipinski definition) is 16. The Morgan fingerprint density at radius 2 is 1.71 bits per heavy atom. The third-order valence-corrected chi connectivity index (χ3v) is 6.62. The number of nitrogens with zero attached hydrogens (tertiary/aromatic N) is 4. The summed E-state index contributed by atoms with van der Waals surface area (Å²) >= 11 is 0. The molecule has 0 aliphatic carbocycles. The summed E-state index contributed by atoms with van der Waals surface area (Å²) in [5.74, 6) is -2.19. The van der Waals surface area contributed by atoms with Crippen molar-refractivity contribution < 1.29 is 60.6 Å². The van der Waals surface area contributed by atoms with Gasteiger partial charge in [-0.25, -0.2) is 42.1 Å². The SMILES string of the molecule is CC(C)OC(=O)OCOP(=O)(OCOC(=O)OC(C)C)OCC1COC(c2cnc3c(N)ncnn23)C(C)(F)C1=O. The van der Waals surface area contributed by atoms with E-state index in [4.69, 9.17) is 33.5 Å². The first kappa shape index (κ1) is 32.1. The van der Waals surface area contributed by atoms with Crippen molar-refractivity contribution in [3.05, 3.63) is 18.2 Å². The minimum Gasteiger partial charge on any atom is -0.432 e. The monoisotopic (exact) mass is 607 g/mol. The zero-order valence-corrected chi connectivity index (χ0v) is 23.8. The highest BCUT2D eigenvalue weighted by molar-refractivity contribution is 7.48. The predicted molar refractivity (Wildman–Crippen MR) is 133 cm³/mol. The van der Waals surface area contributed by atoms with Gasteiger partial charge < -0.3 is 29.4 Å². The van der Waals surface area contributed by atoms with E-state index in [2.05, 4.69) is 24.5 Å². The van der Waals surface area contributed by atoms with E-state index in [1.165, 1.54) is 10.7 Å². The molecule has 0 aromatic carbocycles. The molecule has 3 heterocycles. The van der Waals surface area contributed by atoms with Crippen LogP contribution in [0.4, 0.5) is 19.8 Å². The van der Waals surface area contributed by atoms with Gasteiger partial charge >= 0.3 is 20.1 Å². The first-order chi connectivity index (χ1) is 19.2. The summed E-state index contributed by atoms with van der Waals surface area (Å²) in [6.07, 6.45) is -2.32. The molecule has 2 aromatic heterocycles. The number of hydrogen-bond donors (Lipinski definition) is 1. The summed E-state index contributed by atoms with van der Waals surface area (Å²) in [5.41, 5.74) is 3.42. The number of Topliss-reactive ketones (excluding diaryl/α,β-unsaturated/α-hetero) is 1. The van der Waals surface area contributed by atoms with Crippen molar-refractivity contribution in [1.82, 2.24) is 19.6 Å². The molecule has 1 fully saturated rings. The van der Waals surface area contributed by atoms with E-state index in [0.29, 0.717) is 0 Å². The molecule has 1 aliphatic heterocycles. The summed E-state index contributed by atoms with van der Waals surface area (Å²) in [6, 6.07) is 0. The second-order valence-corrected chi connectivity index (χ2v) is 10.9. The Balaban J connectivity index is 1.67. The molecule has 3 rings (SSSR count). The van der Waals surface area contributed by atoms with Gasteiger partial charge in [-0.3, -0.25) is 9.32 Å². The van der Waals surface area contributed by atoms with E-state index in [-0.39, 0.29) is 23.8 Å². The van der Waals surface area contributed by atoms with Crippen molar-refractivity contribution >= 4 is 37.4 Å². The number of phosphoric acid groups is 1. The van der Waals surface area contributed by atoms with Gasteiger partial charge in [0.2, 0.25) is 13.6 Å². The smallest absolute Gasteiger partial charge is 0.432 e. The highest BCUT2D eigenvalue weighted by Crippen LogP contribution is 2.50. The molecule has 0 saturated carbocycles. The number of alkyl halides is 1. The molecule has 2 N–H and O–H groups in total. The molecule has 0 amide bonds. The minimum absolute atomic E-state index is 0.0406. The summed E-state index contributed by atoms with van der Waals surface area (Å²) in [4.78, 5) is 44.2. The molecular formula is C22H31FN5O12P. The molecule has 41 heavy (non-hydrogen) atoms. The third-order valence-electron chi connectivity index (χ3n) is 5.31. The Hall–Kier alpha value is -3.44. The first-order valence-corrected chi connectivity index (χ1v) is 13.7. The second kappa shape index (κ2) is 13.5. The van der Waals surface area contributed by atoms with Crippen molar-refractivity contribution in [3.8, 4) is 0 Å². The van der Waals surface area contributed by atoms with Crippen LogP contribution < -0.4 is 5.73 Å². The number of ether oxygens (including phenoxy) is 5. The van der Waals surface area contributed by atoms with Crippen LogP contribution in [0.1, 0.15) is 46.4 Å². The summed E-state index contributed by atoms with van der Waals surface area (Å²) in [5, 5.41) is 3.99. The van der Waals surface area contributed by atoms with Crippen LogP contribution in [0.3, 0.4) is 0 Å². The van der Waals surface area contributed by atoms with E-state index in [1.54, 1.807) is 27.7 Å². The zero-order valence-electron chi connectivity index (χ0n) is 22.9. The number of anilines is 1. The fourth-order valence-corrected chi connectivity index (χ4v) is 4.46. The van der Waals surface area contributed by atoms with Crippen molar-refractivity contribution in [2.24, 2.45) is 5.92 Å². The Morgan fingerprint density at radius 1 is 1.12 bits per heavy atom. The van der Waals surface area contributed by atoms with Crippen molar-refractivity contribution in [2.75, 3.05) is 32.5 Å². The molecular weight excluding hydrogens is 576 g/mol. The molecule has 0 bridgehead atoms. The molecule has 3 unspecified atom stereocenters. The molecule has 228 valence electrons. The average molecular weight is 607 g/mol. The van der Waals surface area contributed by atoms with Gasteiger partial charge in [-0.1, -0.05) is 0 Å². The van der Waals surface area contributed by atoms with E-state index >= 15 is 4.39 Å². The van der Waals surface area contributed by atoms with E-state index in [1.807, 2.05) is 0 Å². The van der Waals surface area contributed by atoms with Crippen molar-refractivity contribution in [1.29, 1.82) is 0 Å². The molecule has 19 heteroatoms. The average Bonchev–Trinajstić information content (AvgIpc) is 3.29. The lowest BCUT2D eigenvalue weighted by Crippen LogP contribution is -2.50. The van der Waals surface area contributed by atoms with E-state index in [0.717, 1.165) is 13.3 Å². The number of ketones is 1. The first-order valence-electron chi connectivity index (χ1n) is 12.2. The summed E-state index contributed by atoms with van der Waals surface area (Å²) < 4.78 is 69.7. The van der Waals surface area contributed by atoms with Crippen LogP contribution >= 0.6 is 7.82 Å². The molecule has 0 radical (unpaired) electrons. The normalized spacial score (nSPS) is 21.3. The van der Waals surface area contributed by atoms with Crippen LogP contribution in [-0.4, -0.2) is 82.4 Å². The summed E-state index contributed by atoms with van der Waals surface area (Å²) in [7, 11) is -4.68. The number of carbonyl (C=O) groups is 3. The van der Waals surface area contributed by atoms with Crippen LogP contribution in [0.25, 0.3) is 5.65 Å². The fraction of sp³-hybridized carbons (Fsp3) is 0.636. The highest BCUT2D eigenvalue weighted by Gasteiger charge is 2.52. The molecule has 1 aliphatic rings. The Kier molecular flexibility index (Phi) is 10.5. The van der Waals surface area contributed by atoms with Crippen molar-refractivity contribution in [3.63, 3.8) is 0 Å². The van der Waals surface area contributed by atoms with Gasteiger partial charge in [0, 0.05) is 0 Å². The molecule has 3 atom stereocenters. The molecule has 2 aromatic rings. The number of phosphoric ester groups is 1. The molecule has 0 spiro atoms. The maximum Gasteiger partial charge on any atom is 0.510 e. The van der Waals surface area contributed by atoms with Crippen LogP contribution in [0.15, 0.2) is 12.5 Å². The van der Waals surface area contributed by atoms with Crippen molar-refractivity contribution in [2.45, 2.75) is 58.6 Å². The second-order valence-electron chi connectivity index (χ2n) is 9.27. The number of nitrogens with two attached hydrogens (primary N) is 1. The van der Waals surface area contributed by atoms with Crippen LogP contribution in [0, 0.1) is 5.92 Å². The summed E-state index contributed by atoms with van der Waals surface area (Å²) in [6.45, 7) is 4.27. The number of carbonyl (C=O) groups excluding carboxylic acids is 3. The lowest BCUT2D eigenvalue weighted by Gasteiger charge is -2.37. The maximum atomic E-state index is 15.9. The number of fused-ring (bicyclic) bond motifs is 1. The van der Waals surface area contributed by atoms with Gasteiger partial charge in [0.25, 0.3) is 0 Å². The van der Waals surface area contributed by atoms with E-state index in [9.17, 15) is 18.9 Å². The minimum atomic E-state index is -4.68. The van der Waals surface area contributed by atoms with Gasteiger partial charge in [0.1, 0.15) is 12.4 Å². The largest absolute Gasteiger partial charge is 0.510 e. The number of imidazole rings is 1. The lowest BCUT2D eigenvalue weighted by molar-refractivity contribution is -0.166. The predicted octanol–water partition coefficient (Wildman–Crippen LogP) is 2.89. The van der Waals surface area contributed by atoms with Gasteiger partial charge in [-0.05, 0) is 34.6 Å². The Morgan fingerprint density at radius 3 is 2.27 bits per heavy atom. The van der Waals surface area contributed by atoms with Gasteiger partial charge in [-0.2, -0.15) is 5.10 Å². The van der Waals surface area contributed by atoms with Crippen LogP contribution in [0.5, 0.6) is 0 Å². The van der Waals surface area contributed by atoms with Crippen LogP contribution in [-0.2, 0) is 46.6 Å². The third kappa shape index (κ3) is 8.29. The number of nitrogen functional groups attached to an aromatic ring is 1.